The van der Waals surface area contributed by atoms with Crippen molar-refractivity contribution in [1.29, 1.82) is 0 Å². The Morgan fingerprint density at radius 1 is 1.09 bits per heavy atom. The molecule has 4 atom stereocenters. The average molecular weight is 300 g/mol. The lowest BCUT2D eigenvalue weighted by Crippen LogP contribution is -2.36. The van der Waals surface area contributed by atoms with Crippen LogP contribution in [0.1, 0.15) is 6.42 Å². The minimum Gasteiger partial charge on any atom is -0.481 e. The summed E-state index contributed by atoms with van der Waals surface area (Å²) in [5.74, 6) is -2.10. The lowest BCUT2D eigenvalue weighted by molar-refractivity contribution is -0.146. The average Bonchev–Trinajstić information content (AvgIpc) is 3.08. The number of hydrogen-bond acceptors (Lipinski definition) is 3. The van der Waals surface area contributed by atoms with Crippen molar-refractivity contribution < 1.29 is 14.7 Å². The molecule has 3 rings (SSSR count). The van der Waals surface area contributed by atoms with E-state index >= 15 is 0 Å². The molecule has 22 heavy (non-hydrogen) atoms. The van der Waals surface area contributed by atoms with Gasteiger partial charge in [0.25, 0.3) is 0 Å². The summed E-state index contributed by atoms with van der Waals surface area (Å²) in [6.07, 6.45) is 4.71. The van der Waals surface area contributed by atoms with Crippen LogP contribution in [0.2, 0.25) is 0 Å². The SMILES string of the molecule is CN(C)c1ccc(NC(=O)[C@H]2[C@@H](C(=O)O)[C@@H]3C=C[C@H]2C3)cc1. The van der Waals surface area contributed by atoms with E-state index in [0.29, 0.717) is 5.69 Å². The molecule has 0 aliphatic heterocycles. The standard InChI is InChI=1S/C17H20N2O3/c1-19(2)13-7-5-12(6-8-13)18-16(20)14-10-3-4-11(9-10)15(14)17(21)22/h3-8,10-11,14-15H,9H2,1-2H3,(H,18,20)(H,21,22)/t10-,11+,14+,15-/m0/s1. The number of nitrogens with one attached hydrogen (secondary N) is 1. The van der Waals surface area contributed by atoms with Crippen LogP contribution < -0.4 is 10.2 Å². The maximum atomic E-state index is 12.5. The number of carboxylic acid groups (broad SMARTS) is 1. The number of anilines is 2. The molecule has 116 valence electrons. The Labute approximate surface area is 129 Å². The highest BCUT2D eigenvalue weighted by Crippen LogP contribution is 2.48. The van der Waals surface area contributed by atoms with E-state index in [1.807, 2.05) is 55.4 Å². The van der Waals surface area contributed by atoms with Crippen molar-refractivity contribution in [3.05, 3.63) is 36.4 Å². The Kier molecular flexibility index (Phi) is 3.64. The van der Waals surface area contributed by atoms with Crippen LogP contribution in [0, 0.1) is 23.7 Å². The summed E-state index contributed by atoms with van der Waals surface area (Å²) in [5, 5.41) is 12.3. The molecule has 0 radical (unpaired) electrons. The molecule has 0 saturated heterocycles. The van der Waals surface area contributed by atoms with Gasteiger partial charge in [-0.25, -0.2) is 0 Å². The summed E-state index contributed by atoms with van der Waals surface area (Å²) in [4.78, 5) is 26.0. The summed E-state index contributed by atoms with van der Waals surface area (Å²) in [5.41, 5.74) is 1.75. The van der Waals surface area contributed by atoms with Gasteiger partial charge in [-0.05, 0) is 42.5 Å². The zero-order valence-electron chi connectivity index (χ0n) is 12.7. The lowest BCUT2D eigenvalue weighted by Gasteiger charge is -2.24. The zero-order valence-corrected chi connectivity index (χ0v) is 12.7. The van der Waals surface area contributed by atoms with Crippen molar-refractivity contribution in [2.24, 2.45) is 23.7 Å². The van der Waals surface area contributed by atoms with E-state index in [4.69, 9.17) is 0 Å². The number of allylic oxidation sites excluding steroid dienone is 2. The quantitative estimate of drug-likeness (QED) is 0.837. The van der Waals surface area contributed by atoms with Gasteiger partial charge in [0.05, 0.1) is 11.8 Å². The molecule has 0 heterocycles. The van der Waals surface area contributed by atoms with Gasteiger partial charge in [0.2, 0.25) is 5.91 Å². The van der Waals surface area contributed by atoms with Gasteiger partial charge in [-0.3, -0.25) is 9.59 Å². The number of fused-ring (bicyclic) bond motifs is 2. The third-order valence-corrected chi connectivity index (χ3v) is 4.70. The van der Waals surface area contributed by atoms with Crippen molar-refractivity contribution >= 4 is 23.3 Å². The van der Waals surface area contributed by atoms with Gasteiger partial charge in [-0.2, -0.15) is 0 Å². The number of nitrogens with zero attached hydrogens (tertiary/aromatic N) is 1. The predicted molar refractivity (Wildman–Crippen MR) is 84.8 cm³/mol. The minimum absolute atomic E-state index is 0.00522. The molecule has 0 unspecified atom stereocenters. The highest BCUT2D eigenvalue weighted by molar-refractivity contribution is 5.96. The summed E-state index contributed by atoms with van der Waals surface area (Å²) in [7, 11) is 3.90. The van der Waals surface area contributed by atoms with Gasteiger partial charge >= 0.3 is 5.97 Å². The molecule has 5 nitrogen and oxygen atoms in total. The molecule has 0 spiro atoms. The van der Waals surface area contributed by atoms with Crippen molar-refractivity contribution in [1.82, 2.24) is 0 Å². The minimum atomic E-state index is -0.875. The number of carboxylic acids is 1. The monoisotopic (exact) mass is 300 g/mol. The summed E-state index contributed by atoms with van der Waals surface area (Å²) < 4.78 is 0. The molecule has 2 bridgehead atoms. The summed E-state index contributed by atoms with van der Waals surface area (Å²) >= 11 is 0. The smallest absolute Gasteiger partial charge is 0.307 e. The van der Waals surface area contributed by atoms with Gasteiger partial charge in [0.1, 0.15) is 0 Å². The van der Waals surface area contributed by atoms with Crippen LogP contribution in [0.25, 0.3) is 0 Å². The molecule has 1 saturated carbocycles. The molecular weight excluding hydrogens is 280 g/mol. The number of aliphatic carboxylic acids is 1. The molecule has 2 aliphatic carbocycles. The van der Waals surface area contributed by atoms with Crippen LogP contribution in [-0.4, -0.2) is 31.1 Å². The van der Waals surface area contributed by atoms with Gasteiger partial charge in [0.15, 0.2) is 0 Å². The van der Waals surface area contributed by atoms with Crippen LogP contribution in [0.15, 0.2) is 36.4 Å². The van der Waals surface area contributed by atoms with E-state index < -0.39 is 17.8 Å². The van der Waals surface area contributed by atoms with Crippen LogP contribution >= 0.6 is 0 Å². The molecular formula is C17H20N2O3. The van der Waals surface area contributed by atoms with Gasteiger partial charge < -0.3 is 15.3 Å². The molecule has 2 N–H and O–H groups in total. The highest BCUT2D eigenvalue weighted by atomic mass is 16.4. The van der Waals surface area contributed by atoms with E-state index in [2.05, 4.69) is 5.32 Å². The lowest BCUT2D eigenvalue weighted by atomic mass is 9.82. The van der Waals surface area contributed by atoms with E-state index in [9.17, 15) is 14.7 Å². The van der Waals surface area contributed by atoms with Crippen LogP contribution in [0.3, 0.4) is 0 Å². The molecule has 1 fully saturated rings. The number of amides is 1. The first-order valence-electron chi connectivity index (χ1n) is 7.47. The first-order valence-corrected chi connectivity index (χ1v) is 7.47. The van der Waals surface area contributed by atoms with Gasteiger partial charge in [-0.1, -0.05) is 12.2 Å². The normalized spacial score (nSPS) is 28.6. The predicted octanol–water partition coefficient (Wildman–Crippen LogP) is 2.21. The van der Waals surface area contributed by atoms with Gasteiger partial charge in [-0.15, -0.1) is 0 Å². The summed E-state index contributed by atoms with van der Waals surface area (Å²) in [6, 6.07) is 7.52. The second kappa shape index (κ2) is 5.48. The Bertz CT molecular complexity index is 621. The Morgan fingerprint density at radius 2 is 1.68 bits per heavy atom. The number of carbonyl (C=O) groups excluding carboxylic acids is 1. The fraction of sp³-hybridized carbons (Fsp3) is 0.412. The molecule has 1 aromatic carbocycles. The molecule has 1 aromatic rings. The fourth-order valence-corrected chi connectivity index (χ4v) is 3.58. The van der Waals surface area contributed by atoms with Crippen LogP contribution in [0.4, 0.5) is 11.4 Å². The van der Waals surface area contributed by atoms with Crippen molar-refractivity contribution in [3.63, 3.8) is 0 Å². The fourth-order valence-electron chi connectivity index (χ4n) is 3.58. The van der Waals surface area contributed by atoms with E-state index in [0.717, 1.165) is 12.1 Å². The number of benzene rings is 1. The van der Waals surface area contributed by atoms with Crippen molar-refractivity contribution in [2.75, 3.05) is 24.3 Å². The van der Waals surface area contributed by atoms with Crippen molar-refractivity contribution in [3.8, 4) is 0 Å². The first-order chi connectivity index (χ1) is 10.5. The Morgan fingerprint density at radius 3 is 2.23 bits per heavy atom. The Balaban J connectivity index is 1.74. The van der Waals surface area contributed by atoms with Crippen LogP contribution in [0.5, 0.6) is 0 Å². The zero-order chi connectivity index (χ0) is 15.9. The maximum Gasteiger partial charge on any atom is 0.307 e. The topological polar surface area (TPSA) is 69.6 Å². The van der Waals surface area contributed by atoms with E-state index in [1.165, 1.54) is 0 Å². The number of carbonyl (C=O) groups is 2. The van der Waals surface area contributed by atoms with E-state index in [-0.39, 0.29) is 17.7 Å². The van der Waals surface area contributed by atoms with Crippen molar-refractivity contribution in [2.45, 2.75) is 6.42 Å². The van der Waals surface area contributed by atoms with Gasteiger partial charge in [0, 0.05) is 25.5 Å². The van der Waals surface area contributed by atoms with E-state index in [1.54, 1.807) is 0 Å². The third-order valence-electron chi connectivity index (χ3n) is 4.70. The second-order valence-corrected chi connectivity index (χ2v) is 6.27. The Hall–Kier alpha value is -2.30. The molecule has 5 heteroatoms. The number of rotatable bonds is 4. The molecule has 0 aromatic heterocycles. The summed E-state index contributed by atoms with van der Waals surface area (Å²) in [6.45, 7) is 0. The first kappa shape index (κ1) is 14.6. The largest absolute Gasteiger partial charge is 0.481 e. The molecule has 1 amide bonds. The third kappa shape index (κ3) is 2.47. The second-order valence-electron chi connectivity index (χ2n) is 6.27. The molecule has 2 aliphatic rings. The highest BCUT2D eigenvalue weighted by Gasteiger charge is 2.51. The maximum absolute atomic E-state index is 12.5. The number of hydrogen-bond donors (Lipinski definition) is 2. The van der Waals surface area contributed by atoms with Crippen LogP contribution in [-0.2, 0) is 9.59 Å².